The number of carbonyl (C=O) groups is 2. The van der Waals surface area contributed by atoms with Crippen molar-refractivity contribution in [2.24, 2.45) is 0 Å². The number of halogens is 2. The zero-order valence-corrected chi connectivity index (χ0v) is 12.5. The molecule has 8 heteroatoms. The Bertz CT molecular complexity index is 553. The number of aliphatic carboxylic acids is 1. The summed E-state index contributed by atoms with van der Waals surface area (Å²) in [5.74, 6) is -1.11. The van der Waals surface area contributed by atoms with E-state index in [9.17, 15) is 9.59 Å². The summed E-state index contributed by atoms with van der Waals surface area (Å²) in [6, 6.07) is 3.78. The van der Waals surface area contributed by atoms with Crippen LogP contribution in [0.3, 0.4) is 0 Å². The first-order valence-electron chi connectivity index (χ1n) is 6.30. The van der Waals surface area contributed by atoms with Crippen LogP contribution < -0.4 is 10.1 Å². The zero-order valence-electron chi connectivity index (χ0n) is 11.0. The largest absolute Gasteiger partial charge is 0.482 e. The van der Waals surface area contributed by atoms with Crippen molar-refractivity contribution in [3.05, 3.63) is 28.2 Å². The Labute approximate surface area is 131 Å². The van der Waals surface area contributed by atoms with Crippen LogP contribution in [-0.2, 0) is 9.59 Å². The Hall–Kier alpha value is -1.50. The molecule has 2 N–H and O–H groups in total. The fourth-order valence-electron chi connectivity index (χ4n) is 2.04. The van der Waals surface area contributed by atoms with Crippen LogP contribution in [0.2, 0.25) is 10.0 Å². The molecular formula is C13H14Cl2N2O4. The van der Waals surface area contributed by atoms with Gasteiger partial charge in [0.2, 0.25) is 0 Å². The highest BCUT2D eigenvalue weighted by Gasteiger charge is 2.31. The van der Waals surface area contributed by atoms with Gasteiger partial charge in [0.25, 0.3) is 5.91 Å². The lowest BCUT2D eigenvalue weighted by Gasteiger charge is -2.33. The molecule has 1 aliphatic heterocycles. The van der Waals surface area contributed by atoms with Gasteiger partial charge in [0, 0.05) is 24.7 Å². The number of ether oxygens (including phenoxy) is 1. The summed E-state index contributed by atoms with van der Waals surface area (Å²) in [4.78, 5) is 24.5. The molecule has 2 rings (SSSR count). The van der Waals surface area contributed by atoms with E-state index in [0.29, 0.717) is 28.9 Å². The number of carboxylic acid groups (broad SMARTS) is 1. The predicted octanol–water partition coefficient (Wildman–Crippen LogP) is 1.26. The second kappa shape index (κ2) is 6.98. The summed E-state index contributed by atoms with van der Waals surface area (Å²) in [5.41, 5.74) is 0. The minimum absolute atomic E-state index is 0.225. The molecule has 1 amide bonds. The third kappa shape index (κ3) is 4.00. The molecule has 0 radical (unpaired) electrons. The van der Waals surface area contributed by atoms with Gasteiger partial charge >= 0.3 is 5.97 Å². The topological polar surface area (TPSA) is 78.9 Å². The number of nitrogens with zero attached hydrogens (tertiary/aromatic N) is 1. The number of benzene rings is 1. The Morgan fingerprint density at radius 3 is 2.86 bits per heavy atom. The van der Waals surface area contributed by atoms with E-state index in [-0.39, 0.29) is 13.2 Å². The minimum atomic E-state index is -1.04. The maximum absolute atomic E-state index is 12.1. The van der Waals surface area contributed by atoms with Gasteiger partial charge in [0.15, 0.2) is 6.61 Å². The average molecular weight is 333 g/mol. The van der Waals surface area contributed by atoms with E-state index in [0.717, 1.165) is 0 Å². The number of nitrogens with one attached hydrogen (secondary N) is 1. The number of hydrogen-bond donors (Lipinski definition) is 2. The Kier molecular flexibility index (Phi) is 5.27. The van der Waals surface area contributed by atoms with Crippen molar-refractivity contribution in [2.75, 3.05) is 26.2 Å². The number of hydrogen-bond acceptors (Lipinski definition) is 4. The second-order valence-electron chi connectivity index (χ2n) is 4.51. The van der Waals surface area contributed by atoms with Crippen LogP contribution in [-0.4, -0.2) is 54.2 Å². The Balaban J connectivity index is 1.98. The molecule has 1 unspecified atom stereocenters. The van der Waals surface area contributed by atoms with Gasteiger partial charge in [-0.3, -0.25) is 4.79 Å². The maximum atomic E-state index is 12.1. The van der Waals surface area contributed by atoms with Crippen LogP contribution in [0.25, 0.3) is 0 Å². The fourth-order valence-corrected chi connectivity index (χ4v) is 2.50. The lowest BCUT2D eigenvalue weighted by atomic mass is 10.2. The van der Waals surface area contributed by atoms with Crippen LogP contribution >= 0.6 is 23.2 Å². The molecule has 114 valence electrons. The van der Waals surface area contributed by atoms with Crippen LogP contribution in [0.1, 0.15) is 0 Å². The molecule has 0 saturated carbocycles. The molecule has 1 aromatic rings. The molecule has 1 atom stereocenters. The van der Waals surface area contributed by atoms with Crippen molar-refractivity contribution in [2.45, 2.75) is 6.04 Å². The van der Waals surface area contributed by atoms with E-state index in [2.05, 4.69) is 5.32 Å². The van der Waals surface area contributed by atoms with Crippen molar-refractivity contribution in [1.29, 1.82) is 0 Å². The van der Waals surface area contributed by atoms with E-state index in [4.69, 9.17) is 33.0 Å². The van der Waals surface area contributed by atoms with Crippen molar-refractivity contribution in [1.82, 2.24) is 10.2 Å². The average Bonchev–Trinajstić information content (AvgIpc) is 2.46. The standard InChI is InChI=1S/C13H14Cl2N2O4/c14-8-1-2-11(9(15)5-8)21-7-12(18)17-4-3-16-6-10(17)13(19)20/h1-2,5,10,16H,3-4,6-7H2,(H,19,20). The Morgan fingerprint density at radius 1 is 1.43 bits per heavy atom. The summed E-state index contributed by atoms with van der Waals surface area (Å²) in [6.07, 6.45) is 0. The zero-order chi connectivity index (χ0) is 15.4. The van der Waals surface area contributed by atoms with E-state index < -0.39 is 17.9 Å². The minimum Gasteiger partial charge on any atom is -0.482 e. The van der Waals surface area contributed by atoms with Gasteiger partial charge in [-0.25, -0.2) is 4.79 Å². The molecular weight excluding hydrogens is 319 g/mol. The van der Waals surface area contributed by atoms with Gasteiger partial charge in [-0.2, -0.15) is 0 Å². The fraction of sp³-hybridized carbons (Fsp3) is 0.385. The van der Waals surface area contributed by atoms with Crippen LogP contribution in [0.5, 0.6) is 5.75 Å². The van der Waals surface area contributed by atoms with E-state index in [1.807, 2.05) is 0 Å². The summed E-state index contributed by atoms with van der Waals surface area (Å²) < 4.78 is 5.34. The molecule has 1 heterocycles. The first-order valence-corrected chi connectivity index (χ1v) is 7.05. The van der Waals surface area contributed by atoms with Crippen LogP contribution in [0.4, 0.5) is 0 Å². The Morgan fingerprint density at radius 2 is 2.19 bits per heavy atom. The van der Waals surface area contributed by atoms with Gasteiger partial charge in [-0.15, -0.1) is 0 Å². The monoisotopic (exact) mass is 332 g/mol. The molecule has 21 heavy (non-hydrogen) atoms. The molecule has 1 fully saturated rings. The van der Waals surface area contributed by atoms with Crippen molar-refractivity contribution < 1.29 is 19.4 Å². The first-order chi connectivity index (χ1) is 9.99. The van der Waals surface area contributed by atoms with Crippen LogP contribution in [0.15, 0.2) is 18.2 Å². The molecule has 0 aromatic heterocycles. The quantitative estimate of drug-likeness (QED) is 0.867. The van der Waals surface area contributed by atoms with Crippen molar-refractivity contribution >= 4 is 35.1 Å². The highest BCUT2D eigenvalue weighted by Crippen LogP contribution is 2.27. The molecule has 1 aromatic carbocycles. The molecule has 0 aliphatic carbocycles. The lowest BCUT2D eigenvalue weighted by molar-refractivity contribution is -0.152. The molecule has 6 nitrogen and oxygen atoms in total. The first kappa shape index (κ1) is 15.9. The normalized spacial score (nSPS) is 18.4. The van der Waals surface area contributed by atoms with Gasteiger partial charge in [-0.05, 0) is 18.2 Å². The molecule has 0 bridgehead atoms. The van der Waals surface area contributed by atoms with E-state index >= 15 is 0 Å². The number of amides is 1. The summed E-state index contributed by atoms with van der Waals surface area (Å²) >= 11 is 11.7. The van der Waals surface area contributed by atoms with E-state index in [1.165, 1.54) is 11.0 Å². The lowest BCUT2D eigenvalue weighted by Crippen LogP contribution is -2.57. The predicted molar refractivity (Wildman–Crippen MR) is 78.0 cm³/mol. The summed E-state index contributed by atoms with van der Waals surface area (Å²) in [6.45, 7) is 0.832. The number of carbonyl (C=O) groups excluding carboxylic acids is 1. The van der Waals surface area contributed by atoms with Gasteiger partial charge < -0.3 is 20.1 Å². The highest BCUT2D eigenvalue weighted by atomic mass is 35.5. The number of rotatable bonds is 4. The van der Waals surface area contributed by atoms with Gasteiger partial charge in [-0.1, -0.05) is 23.2 Å². The maximum Gasteiger partial charge on any atom is 0.327 e. The van der Waals surface area contributed by atoms with Crippen molar-refractivity contribution in [3.63, 3.8) is 0 Å². The summed E-state index contributed by atoms with van der Waals surface area (Å²) in [5, 5.41) is 12.8. The third-order valence-corrected chi connectivity index (χ3v) is 3.62. The third-order valence-electron chi connectivity index (χ3n) is 3.09. The highest BCUT2D eigenvalue weighted by molar-refractivity contribution is 6.35. The SMILES string of the molecule is O=C(O)C1CNCCN1C(=O)COc1ccc(Cl)cc1Cl. The molecule has 1 aliphatic rings. The van der Waals surface area contributed by atoms with Crippen molar-refractivity contribution in [3.8, 4) is 5.75 Å². The second-order valence-corrected chi connectivity index (χ2v) is 5.35. The van der Waals surface area contributed by atoms with Gasteiger partial charge in [0.05, 0.1) is 5.02 Å². The molecule has 0 spiro atoms. The van der Waals surface area contributed by atoms with Crippen LogP contribution in [0, 0.1) is 0 Å². The van der Waals surface area contributed by atoms with Gasteiger partial charge in [0.1, 0.15) is 11.8 Å². The molecule has 1 saturated heterocycles. The number of carboxylic acids is 1. The number of piperazine rings is 1. The van der Waals surface area contributed by atoms with E-state index in [1.54, 1.807) is 12.1 Å². The summed E-state index contributed by atoms with van der Waals surface area (Å²) in [7, 11) is 0. The smallest absolute Gasteiger partial charge is 0.327 e.